The van der Waals surface area contributed by atoms with Gasteiger partial charge in [0.1, 0.15) is 0 Å². The summed E-state index contributed by atoms with van der Waals surface area (Å²) in [5.74, 6) is 0. The molecule has 2 fully saturated rings. The van der Waals surface area contributed by atoms with Gasteiger partial charge >= 0.3 is 14.2 Å². The van der Waals surface area contributed by atoms with E-state index in [-0.39, 0.29) is 0 Å². The molecule has 0 N–H and O–H groups in total. The average molecular weight is 408 g/mol. The van der Waals surface area contributed by atoms with E-state index in [2.05, 4.69) is 0 Å². The van der Waals surface area contributed by atoms with Gasteiger partial charge in [-0.1, -0.05) is 12.1 Å². The van der Waals surface area contributed by atoms with Gasteiger partial charge in [-0.15, -0.1) is 0 Å². The molecule has 0 aromatic carbocycles. The molecule has 2 saturated heterocycles. The van der Waals surface area contributed by atoms with E-state index in [4.69, 9.17) is 28.6 Å². The molecule has 0 saturated carbocycles. The predicted octanol–water partition coefficient (Wildman–Crippen LogP) is 2.74. The summed E-state index contributed by atoms with van der Waals surface area (Å²) < 4.78 is 24.6. The topological polar surface area (TPSA) is 62.7 Å². The van der Waals surface area contributed by atoms with Crippen LogP contribution in [-0.2, 0) is 18.6 Å². The fraction of sp³-hybridized carbons (Fsp3) is 0.545. The minimum atomic E-state index is -0.513. The van der Waals surface area contributed by atoms with Crippen molar-refractivity contribution in [3.63, 3.8) is 0 Å². The fourth-order valence-electron chi connectivity index (χ4n) is 3.38. The normalized spacial score (nSPS) is 23.7. The second-order valence-electron chi connectivity index (χ2n) is 10.1. The Labute approximate surface area is 180 Å². The smallest absolute Gasteiger partial charge is 0.398 e. The molecule has 2 aliphatic rings. The molecule has 4 rings (SSSR count). The Kier molecular flexibility index (Phi) is 4.94. The molecule has 8 heteroatoms. The summed E-state index contributed by atoms with van der Waals surface area (Å²) in [6.07, 6.45) is 0. The molecule has 0 unspecified atom stereocenters. The van der Waals surface area contributed by atoms with Gasteiger partial charge in [0.2, 0.25) is 0 Å². The Morgan fingerprint density at radius 1 is 0.533 bits per heavy atom. The van der Waals surface area contributed by atoms with E-state index in [1.165, 1.54) is 0 Å². The first kappa shape index (κ1) is 21.5. The zero-order valence-electron chi connectivity index (χ0n) is 19.1. The molecular formula is C22H30B2N2O4. The summed E-state index contributed by atoms with van der Waals surface area (Å²) in [6, 6.07) is 11.6. The quantitative estimate of drug-likeness (QED) is 0.729. The van der Waals surface area contributed by atoms with Gasteiger partial charge in [0, 0.05) is 0 Å². The van der Waals surface area contributed by atoms with E-state index >= 15 is 0 Å². The van der Waals surface area contributed by atoms with E-state index in [9.17, 15) is 0 Å². The average Bonchev–Trinajstić information content (AvgIpc) is 3.02. The molecule has 0 radical (unpaired) electrons. The van der Waals surface area contributed by atoms with Crippen LogP contribution in [0.1, 0.15) is 55.4 Å². The number of nitrogens with zero attached hydrogens (tertiary/aromatic N) is 2. The third kappa shape index (κ3) is 3.60. The molecule has 0 spiro atoms. The summed E-state index contributed by atoms with van der Waals surface area (Å²) in [4.78, 5) is 9.57. The van der Waals surface area contributed by atoms with Crippen LogP contribution in [0.5, 0.6) is 0 Å². The molecule has 0 atom stereocenters. The van der Waals surface area contributed by atoms with Gasteiger partial charge in [0.15, 0.2) is 0 Å². The minimum absolute atomic E-state index is 0.412. The van der Waals surface area contributed by atoms with Crippen molar-refractivity contribution in [1.29, 1.82) is 0 Å². The predicted molar refractivity (Wildman–Crippen MR) is 119 cm³/mol. The third-order valence-corrected chi connectivity index (χ3v) is 6.79. The zero-order chi connectivity index (χ0) is 21.9. The first-order valence-electron chi connectivity index (χ1n) is 10.5. The van der Waals surface area contributed by atoms with Crippen molar-refractivity contribution in [2.45, 2.75) is 77.8 Å². The second kappa shape index (κ2) is 6.89. The van der Waals surface area contributed by atoms with E-state index in [0.717, 1.165) is 22.6 Å². The van der Waals surface area contributed by atoms with Crippen LogP contribution in [0.3, 0.4) is 0 Å². The largest absolute Gasteiger partial charge is 0.514 e. The maximum Gasteiger partial charge on any atom is 0.514 e. The molecule has 2 aliphatic heterocycles. The number of hydrogen-bond donors (Lipinski definition) is 0. The number of hydrogen-bond acceptors (Lipinski definition) is 6. The lowest BCUT2D eigenvalue weighted by Crippen LogP contribution is -2.41. The SMILES string of the molecule is CC1(C)OB(c2cccc(-c3cccc(B4OC(C)(C)C(C)(C)O4)n3)n2)OC1(C)C. The van der Waals surface area contributed by atoms with E-state index < -0.39 is 36.6 Å². The number of rotatable bonds is 3. The Hall–Kier alpha value is -1.73. The molecule has 2 aromatic rings. The van der Waals surface area contributed by atoms with E-state index in [0.29, 0.717) is 0 Å². The standard InChI is InChI=1S/C22H30B2N2O4/c1-19(2)20(3,4)28-23(27-19)17-13-9-11-15(25-17)16-12-10-14-18(26-16)24-29-21(5,6)22(7,8)30-24/h9-14H,1-8H3. The van der Waals surface area contributed by atoms with Crippen molar-refractivity contribution in [1.82, 2.24) is 9.97 Å². The second-order valence-corrected chi connectivity index (χ2v) is 10.1. The van der Waals surface area contributed by atoms with Crippen molar-refractivity contribution in [3.8, 4) is 11.4 Å². The molecule has 6 nitrogen and oxygen atoms in total. The van der Waals surface area contributed by atoms with Crippen LogP contribution in [0.25, 0.3) is 11.4 Å². The summed E-state index contributed by atoms with van der Waals surface area (Å²) in [5, 5.41) is 0. The van der Waals surface area contributed by atoms with Gasteiger partial charge in [-0.3, -0.25) is 9.97 Å². The summed E-state index contributed by atoms with van der Waals surface area (Å²) in [5.41, 5.74) is 1.31. The fourth-order valence-corrected chi connectivity index (χ4v) is 3.38. The highest BCUT2D eigenvalue weighted by molar-refractivity contribution is 6.61. The van der Waals surface area contributed by atoms with Crippen LogP contribution in [0, 0.1) is 0 Å². The van der Waals surface area contributed by atoms with E-state index in [1.54, 1.807) is 0 Å². The Morgan fingerprint density at radius 2 is 0.833 bits per heavy atom. The van der Waals surface area contributed by atoms with Crippen LogP contribution in [0.15, 0.2) is 36.4 Å². The molecule has 4 heterocycles. The molecule has 0 bridgehead atoms. The number of pyridine rings is 2. The Bertz CT molecular complexity index is 852. The monoisotopic (exact) mass is 408 g/mol. The van der Waals surface area contributed by atoms with Crippen LogP contribution >= 0.6 is 0 Å². The number of aromatic nitrogens is 2. The first-order valence-corrected chi connectivity index (χ1v) is 10.5. The zero-order valence-corrected chi connectivity index (χ0v) is 19.1. The lowest BCUT2D eigenvalue weighted by Gasteiger charge is -2.32. The van der Waals surface area contributed by atoms with Gasteiger partial charge in [-0.2, -0.15) is 0 Å². The van der Waals surface area contributed by atoms with Crippen molar-refractivity contribution >= 4 is 25.4 Å². The van der Waals surface area contributed by atoms with Crippen molar-refractivity contribution in [3.05, 3.63) is 36.4 Å². The summed E-state index contributed by atoms with van der Waals surface area (Å²) >= 11 is 0. The molecule has 2 aromatic heterocycles. The van der Waals surface area contributed by atoms with Crippen LogP contribution < -0.4 is 11.2 Å². The van der Waals surface area contributed by atoms with Gasteiger partial charge in [-0.05, 0) is 79.7 Å². The van der Waals surface area contributed by atoms with Gasteiger partial charge in [0.25, 0.3) is 0 Å². The molecule has 0 amide bonds. The van der Waals surface area contributed by atoms with Gasteiger partial charge in [0.05, 0.1) is 45.0 Å². The molecule has 30 heavy (non-hydrogen) atoms. The first-order chi connectivity index (χ1) is 13.8. The minimum Gasteiger partial charge on any atom is -0.398 e. The highest BCUT2D eigenvalue weighted by atomic mass is 16.7. The maximum atomic E-state index is 6.15. The van der Waals surface area contributed by atoms with Crippen LogP contribution in [0.4, 0.5) is 0 Å². The maximum absolute atomic E-state index is 6.15. The summed E-state index contributed by atoms with van der Waals surface area (Å²) in [6.45, 7) is 16.3. The highest BCUT2D eigenvalue weighted by Gasteiger charge is 2.53. The van der Waals surface area contributed by atoms with Crippen LogP contribution in [0.2, 0.25) is 0 Å². The molecular weight excluding hydrogens is 378 g/mol. The third-order valence-electron chi connectivity index (χ3n) is 6.79. The van der Waals surface area contributed by atoms with Gasteiger partial charge in [-0.25, -0.2) is 0 Å². The van der Waals surface area contributed by atoms with Crippen molar-refractivity contribution in [2.75, 3.05) is 0 Å². The Morgan fingerprint density at radius 3 is 1.13 bits per heavy atom. The molecule has 0 aliphatic carbocycles. The van der Waals surface area contributed by atoms with Crippen molar-refractivity contribution in [2.24, 2.45) is 0 Å². The summed E-state index contributed by atoms with van der Waals surface area (Å²) in [7, 11) is -1.03. The Balaban J connectivity index is 1.61. The lowest BCUT2D eigenvalue weighted by molar-refractivity contribution is 0.00578. The van der Waals surface area contributed by atoms with Crippen LogP contribution in [-0.4, -0.2) is 46.6 Å². The van der Waals surface area contributed by atoms with Gasteiger partial charge < -0.3 is 18.6 Å². The highest BCUT2D eigenvalue weighted by Crippen LogP contribution is 2.37. The van der Waals surface area contributed by atoms with E-state index in [1.807, 2.05) is 91.8 Å². The van der Waals surface area contributed by atoms with Crippen molar-refractivity contribution < 1.29 is 18.6 Å². The molecule has 158 valence electrons. The lowest BCUT2D eigenvalue weighted by atomic mass is 9.83.